The van der Waals surface area contributed by atoms with E-state index in [9.17, 15) is 4.79 Å². The summed E-state index contributed by atoms with van der Waals surface area (Å²) in [6, 6.07) is 0. The van der Waals surface area contributed by atoms with Gasteiger partial charge in [-0.25, -0.2) is 0 Å². The molecule has 2 N–H and O–H groups in total. The van der Waals surface area contributed by atoms with Gasteiger partial charge in [0.2, 0.25) is 0 Å². The first-order chi connectivity index (χ1) is 7.74. The first-order valence-electron chi connectivity index (χ1n) is 5.18. The van der Waals surface area contributed by atoms with Crippen LogP contribution < -0.4 is 5.73 Å². The van der Waals surface area contributed by atoms with Gasteiger partial charge in [-0.3, -0.25) is 4.79 Å². The van der Waals surface area contributed by atoms with Gasteiger partial charge in [-0.2, -0.15) is 0 Å². The van der Waals surface area contributed by atoms with Crippen molar-refractivity contribution in [2.75, 3.05) is 0 Å². The highest BCUT2D eigenvalue weighted by molar-refractivity contribution is 5.99. The number of hydrogen-bond acceptors (Lipinski definition) is 3. The van der Waals surface area contributed by atoms with E-state index in [-0.39, 0.29) is 11.9 Å². The highest BCUT2D eigenvalue weighted by atomic mass is 16.5. The molecule has 1 aliphatic heterocycles. The molecule has 1 heterocycles. The van der Waals surface area contributed by atoms with Crippen LogP contribution in [0.2, 0.25) is 0 Å². The summed E-state index contributed by atoms with van der Waals surface area (Å²) in [7, 11) is 0. The summed E-state index contributed by atoms with van der Waals surface area (Å²) in [5.41, 5.74) is 8.04. The van der Waals surface area contributed by atoms with Gasteiger partial charge < -0.3 is 10.5 Å². The van der Waals surface area contributed by atoms with Gasteiger partial charge in [0.05, 0.1) is 0 Å². The minimum absolute atomic E-state index is 0.0757. The van der Waals surface area contributed by atoms with Crippen molar-refractivity contribution in [2.24, 2.45) is 5.73 Å². The zero-order valence-electron chi connectivity index (χ0n) is 8.59. The fraction of sp³-hybridized carbons (Fsp3) is 0.154. The van der Waals surface area contributed by atoms with Crippen LogP contribution in [0.25, 0.3) is 0 Å². The number of carbonyl (C=O) groups is 1. The molecule has 0 radical (unpaired) electrons. The summed E-state index contributed by atoms with van der Waals surface area (Å²) in [6.45, 7) is 0. The van der Waals surface area contributed by atoms with Crippen molar-refractivity contribution >= 4 is 5.78 Å². The summed E-state index contributed by atoms with van der Waals surface area (Å²) in [5, 5.41) is 0. The largest absolute Gasteiger partial charge is 0.399 e. The van der Waals surface area contributed by atoms with Crippen molar-refractivity contribution in [3.05, 3.63) is 59.4 Å². The quantitative estimate of drug-likeness (QED) is 0.657. The Labute approximate surface area is 93.3 Å². The molecule has 2 aliphatic carbocycles. The number of rotatable bonds is 0. The Morgan fingerprint density at radius 3 is 2.88 bits per heavy atom. The van der Waals surface area contributed by atoms with Crippen LogP contribution in [0.4, 0.5) is 0 Å². The maximum atomic E-state index is 11.7. The number of hydrogen-bond donors (Lipinski definition) is 1. The predicted octanol–water partition coefficient (Wildman–Crippen LogP) is 1.16. The van der Waals surface area contributed by atoms with E-state index in [1.54, 1.807) is 6.08 Å². The fourth-order valence-electron chi connectivity index (χ4n) is 2.11. The molecule has 3 heteroatoms. The van der Waals surface area contributed by atoms with Crippen LogP contribution >= 0.6 is 0 Å². The molecule has 0 saturated carbocycles. The van der Waals surface area contributed by atoms with Crippen LogP contribution in [-0.4, -0.2) is 18.0 Å². The van der Waals surface area contributed by atoms with Crippen molar-refractivity contribution in [3.63, 3.8) is 0 Å². The average Bonchev–Trinajstić information content (AvgIpc) is 2.27. The molecule has 0 bridgehead atoms. The normalized spacial score (nSPS) is 31.2. The Kier molecular flexibility index (Phi) is 1.94. The van der Waals surface area contributed by atoms with E-state index in [0.717, 1.165) is 11.1 Å². The van der Waals surface area contributed by atoms with Crippen LogP contribution in [-0.2, 0) is 9.53 Å². The lowest BCUT2D eigenvalue weighted by Gasteiger charge is -2.31. The van der Waals surface area contributed by atoms with Gasteiger partial charge in [0.15, 0.2) is 5.78 Å². The maximum absolute atomic E-state index is 11.7. The number of carbonyl (C=O) groups excluding carboxylic acids is 1. The van der Waals surface area contributed by atoms with Crippen molar-refractivity contribution in [2.45, 2.75) is 12.2 Å². The van der Waals surface area contributed by atoms with Crippen molar-refractivity contribution < 1.29 is 9.53 Å². The number of nitrogens with two attached hydrogens (primary N) is 1. The first kappa shape index (κ1) is 9.36. The van der Waals surface area contributed by atoms with Crippen molar-refractivity contribution in [1.29, 1.82) is 0 Å². The highest BCUT2D eigenvalue weighted by Gasteiger charge is 2.32. The molecule has 0 saturated heterocycles. The number of ketones is 1. The second-order valence-electron chi connectivity index (χ2n) is 4.02. The Morgan fingerprint density at radius 2 is 2.00 bits per heavy atom. The molecule has 3 nitrogen and oxygen atoms in total. The van der Waals surface area contributed by atoms with Crippen LogP contribution in [0, 0.1) is 0 Å². The minimum Gasteiger partial charge on any atom is -0.399 e. The third kappa shape index (κ3) is 1.37. The van der Waals surface area contributed by atoms with Gasteiger partial charge in [0.1, 0.15) is 12.2 Å². The lowest BCUT2D eigenvalue weighted by Crippen LogP contribution is -2.36. The van der Waals surface area contributed by atoms with Crippen LogP contribution in [0.5, 0.6) is 0 Å². The third-order valence-electron chi connectivity index (χ3n) is 2.83. The van der Waals surface area contributed by atoms with Gasteiger partial charge in [0, 0.05) is 11.8 Å². The summed E-state index contributed by atoms with van der Waals surface area (Å²) in [4.78, 5) is 11.7. The van der Waals surface area contributed by atoms with Crippen LogP contribution in [0.3, 0.4) is 0 Å². The average molecular weight is 213 g/mol. The van der Waals surface area contributed by atoms with E-state index < -0.39 is 6.10 Å². The number of allylic oxidation sites excluding steroid dienone is 3. The molecule has 2 unspecified atom stereocenters. The second kappa shape index (κ2) is 3.32. The van der Waals surface area contributed by atoms with E-state index in [0.29, 0.717) is 5.70 Å². The molecular formula is C13H11NO2. The summed E-state index contributed by atoms with van der Waals surface area (Å²) in [6.07, 6.45) is 12.4. The van der Waals surface area contributed by atoms with Crippen molar-refractivity contribution in [1.82, 2.24) is 0 Å². The van der Waals surface area contributed by atoms with Crippen LogP contribution in [0.1, 0.15) is 0 Å². The molecule has 0 aromatic heterocycles. The number of fused-ring (bicyclic) bond motifs is 2. The van der Waals surface area contributed by atoms with Gasteiger partial charge in [-0.15, -0.1) is 0 Å². The SMILES string of the molecule is NC1=CC(=O)C2OC3C=CC=CC3=CC2=C1. The summed E-state index contributed by atoms with van der Waals surface area (Å²) in [5.74, 6) is -0.0757. The third-order valence-corrected chi connectivity index (χ3v) is 2.83. The summed E-state index contributed by atoms with van der Waals surface area (Å²) >= 11 is 0. The fourth-order valence-corrected chi connectivity index (χ4v) is 2.11. The molecule has 80 valence electrons. The Bertz CT molecular complexity index is 506. The smallest absolute Gasteiger partial charge is 0.191 e. The standard InChI is InChI=1S/C13H11NO2/c14-10-6-9-5-8-3-1-2-4-12(8)16-13(9)11(15)7-10/h1-7,12-13H,14H2. The van der Waals surface area contributed by atoms with Gasteiger partial charge in [0.25, 0.3) is 0 Å². The van der Waals surface area contributed by atoms with E-state index in [1.165, 1.54) is 6.08 Å². The van der Waals surface area contributed by atoms with E-state index >= 15 is 0 Å². The Hall–Kier alpha value is -1.87. The molecule has 0 aromatic rings. The number of ether oxygens (including phenoxy) is 1. The Balaban J connectivity index is 2.06. The van der Waals surface area contributed by atoms with Gasteiger partial charge in [-0.05, 0) is 23.3 Å². The van der Waals surface area contributed by atoms with Gasteiger partial charge in [-0.1, -0.05) is 24.3 Å². The second-order valence-corrected chi connectivity index (χ2v) is 4.02. The molecular weight excluding hydrogens is 202 g/mol. The molecule has 16 heavy (non-hydrogen) atoms. The van der Waals surface area contributed by atoms with E-state index in [1.807, 2.05) is 30.4 Å². The molecule has 0 amide bonds. The molecule has 0 fully saturated rings. The van der Waals surface area contributed by atoms with E-state index in [4.69, 9.17) is 10.5 Å². The summed E-state index contributed by atoms with van der Waals surface area (Å²) < 4.78 is 5.73. The molecule has 2 atom stereocenters. The molecule has 3 aliphatic rings. The maximum Gasteiger partial charge on any atom is 0.191 e. The molecule has 0 aromatic carbocycles. The lowest BCUT2D eigenvalue weighted by atomic mass is 9.90. The monoisotopic (exact) mass is 213 g/mol. The topological polar surface area (TPSA) is 52.3 Å². The zero-order chi connectivity index (χ0) is 11.1. The zero-order valence-corrected chi connectivity index (χ0v) is 8.59. The lowest BCUT2D eigenvalue weighted by molar-refractivity contribution is -0.124. The molecule has 0 spiro atoms. The Morgan fingerprint density at radius 1 is 1.12 bits per heavy atom. The van der Waals surface area contributed by atoms with E-state index in [2.05, 4.69) is 0 Å². The predicted molar refractivity (Wildman–Crippen MR) is 60.4 cm³/mol. The first-order valence-corrected chi connectivity index (χ1v) is 5.18. The van der Waals surface area contributed by atoms with Gasteiger partial charge >= 0.3 is 0 Å². The highest BCUT2D eigenvalue weighted by Crippen LogP contribution is 2.30. The molecule has 3 rings (SSSR count). The van der Waals surface area contributed by atoms with Crippen molar-refractivity contribution in [3.8, 4) is 0 Å². The van der Waals surface area contributed by atoms with Crippen LogP contribution in [0.15, 0.2) is 59.4 Å². The minimum atomic E-state index is -0.489.